The molecular weight excluding hydrogens is 216 g/mol. The van der Waals surface area contributed by atoms with Crippen molar-refractivity contribution in [3.05, 3.63) is 0 Å². The van der Waals surface area contributed by atoms with E-state index in [0.29, 0.717) is 12.6 Å². The molecule has 4 heteroatoms. The molecule has 4 nitrogen and oxygen atoms in total. The molecule has 0 aromatic heterocycles. The Labute approximate surface area is 107 Å². The Morgan fingerprint density at radius 1 is 1.24 bits per heavy atom. The summed E-state index contributed by atoms with van der Waals surface area (Å²) in [5.74, 6) is 0. The first-order chi connectivity index (χ1) is 7.74. The zero-order chi connectivity index (χ0) is 13.6. The molecular formula is C13H30N2O2. The molecule has 0 aromatic rings. The summed E-state index contributed by atoms with van der Waals surface area (Å²) in [6, 6.07) is 0.428. The van der Waals surface area contributed by atoms with E-state index in [1.54, 1.807) is 7.11 Å². The highest BCUT2D eigenvalue weighted by Gasteiger charge is 2.29. The second-order valence-electron chi connectivity index (χ2n) is 5.52. The number of ether oxygens (including phenoxy) is 1. The highest BCUT2D eigenvalue weighted by atomic mass is 16.5. The fourth-order valence-corrected chi connectivity index (χ4v) is 1.84. The second kappa shape index (κ2) is 7.31. The van der Waals surface area contributed by atoms with Crippen LogP contribution in [0.15, 0.2) is 0 Å². The highest BCUT2D eigenvalue weighted by molar-refractivity contribution is 4.83. The number of likely N-dealkylation sites (N-methyl/N-ethyl adjacent to an activating group) is 2. The number of aliphatic hydroxyl groups is 1. The number of methoxy groups -OCH3 is 1. The quantitative estimate of drug-likeness (QED) is 0.694. The first kappa shape index (κ1) is 16.8. The zero-order valence-electron chi connectivity index (χ0n) is 12.5. The Morgan fingerprint density at radius 2 is 1.76 bits per heavy atom. The lowest BCUT2D eigenvalue weighted by Gasteiger charge is -2.36. The van der Waals surface area contributed by atoms with Gasteiger partial charge in [-0.15, -0.1) is 0 Å². The topological polar surface area (TPSA) is 35.9 Å². The maximum atomic E-state index is 10.2. The van der Waals surface area contributed by atoms with Crippen molar-refractivity contribution in [3.63, 3.8) is 0 Å². The number of aliphatic hydroxyl groups excluding tert-OH is 1. The Kier molecular flexibility index (Phi) is 7.24. The maximum Gasteiger partial charge on any atom is 0.0950 e. The molecule has 0 bridgehead atoms. The van der Waals surface area contributed by atoms with Crippen molar-refractivity contribution >= 4 is 0 Å². The molecule has 0 rings (SSSR count). The van der Waals surface area contributed by atoms with Crippen LogP contribution < -0.4 is 0 Å². The van der Waals surface area contributed by atoms with Gasteiger partial charge in [-0.05, 0) is 41.4 Å². The third-order valence-corrected chi connectivity index (χ3v) is 3.39. The number of hydrogen-bond donors (Lipinski definition) is 1. The second-order valence-corrected chi connectivity index (χ2v) is 5.52. The van der Waals surface area contributed by atoms with Crippen molar-refractivity contribution in [2.75, 3.05) is 40.8 Å². The van der Waals surface area contributed by atoms with E-state index in [-0.39, 0.29) is 0 Å². The molecule has 1 N–H and O–H groups in total. The van der Waals surface area contributed by atoms with Crippen molar-refractivity contribution in [2.24, 2.45) is 0 Å². The van der Waals surface area contributed by atoms with Crippen molar-refractivity contribution in [2.45, 2.75) is 45.4 Å². The minimum atomic E-state index is -0.495. The van der Waals surface area contributed by atoms with Crippen LogP contribution in [-0.4, -0.2) is 73.5 Å². The lowest BCUT2D eigenvalue weighted by molar-refractivity contribution is -0.0906. The summed E-state index contributed by atoms with van der Waals surface area (Å²) in [6.07, 6.45) is -0.475. The molecule has 0 aliphatic rings. The highest BCUT2D eigenvalue weighted by Crippen LogP contribution is 2.15. The molecule has 0 fully saturated rings. The van der Waals surface area contributed by atoms with Crippen LogP contribution in [0.3, 0.4) is 0 Å². The van der Waals surface area contributed by atoms with Gasteiger partial charge in [0.2, 0.25) is 0 Å². The van der Waals surface area contributed by atoms with E-state index in [1.165, 1.54) is 0 Å². The molecule has 2 unspecified atom stereocenters. The van der Waals surface area contributed by atoms with Crippen LogP contribution in [0.1, 0.15) is 27.7 Å². The van der Waals surface area contributed by atoms with Gasteiger partial charge in [0.1, 0.15) is 0 Å². The Morgan fingerprint density at radius 3 is 2.12 bits per heavy atom. The van der Waals surface area contributed by atoms with Crippen molar-refractivity contribution < 1.29 is 9.84 Å². The van der Waals surface area contributed by atoms with Crippen molar-refractivity contribution in [3.8, 4) is 0 Å². The lowest BCUT2D eigenvalue weighted by Crippen LogP contribution is -2.50. The van der Waals surface area contributed by atoms with Gasteiger partial charge in [-0.3, -0.25) is 4.90 Å². The van der Waals surface area contributed by atoms with Gasteiger partial charge in [0.25, 0.3) is 0 Å². The SMILES string of the molecule is CCN(CC(O)C(C)(C)OC)C(C)CN(C)C. The average molecular weight is 246 g/mol. The van der Waals surface area contributed by atoms with Gasteiger partial charge in [0, 0.05) is 26.2 Å². The molecule has 17 heavy (non-hydrogen) atoms. The zero-order valence-corrected chi connectivity index (χ0v) is 12.5. The minimum absolute atomic E-state index is 0.428. The first-order valence-corrected chi connectivity index (χ1v) is 6.36. The van der Waals surface area contributed by atoms with Crippen LogP contribution in [0.2, 0.25) is 0 Å². The molecule has 104 valence electrons. The van der Waals surface area contributed by atoms with E-state index in [4.69, 9.17) is 4.74 Å². The predicted octanol–water partition coefficient (Wildman–Crippen LogP) is 1.04. The van der Waals surface area contributed by atoms with Crippen LogP contribution in [0.5, 0.6) is 0 Å². The van der Waals surface area contributed by atoms with E-state index >= 15 is 0 Å². The van der Waals surface area contributed by atoms with Crippen LogP contribution in [0, 0.1) is 0 Å². The Bertz CT molecular complexity index is 208. The van der Waals surface area contributed by atoms with Gasteiger partial charge in [-0.2, -0.15) is 0 Å². The molecule has 0 heterocycles. The molecule has 2 atom stereocenters. The lowest BCUT2D eigenvalue weighted by atomic mass is 10.0. The molecule has 0 radical (unpaired) electrons. The van der Waals surface area contributed by atoms with Crippen LogP contribution in [-0.2, 0) is 4.74 Å². The molecule has 0 saturated heterocycles. The van der Waals surface area contributed by atoms with Crippen LogP contribution >= 0.6 is 0 Å². The predicted molar refractivity (Wildman–Crippen MR) is 72.4 cm³/mol. The van der Waals surface area contributed by atoms with Crippen LogP contribution in [0.25, 0.3) is 0 Å². The summed E-state index contributed by atoms with van der Waals surface area (Å²) < 4.78 is 5.32. The van der Waals surface area contributed by atoms with Gasteiger partial charge >= 0.3 is 0 Å². The molecule has 0 aliphatic heterocycles. The fourth-order valence-electron chi connectivity index (χ4n) is 1.84. The summed E-state index contributed by atoms with van der Waals surface area (Å²) in [5, 5.41) is 10.2. The fraction of sp³-hybridized carbons (Fsp3) is 1.00. The molecule has 0 spiro atoms. The van der Waals surface area contributed by atoms with Gasteiger partial charge in [0.15, 0.2) is 0 Å². The summed E-state index contributed by atoms with van der Waals surface area (Å²) in [4.78, 5) is 4.45. The molecule has 0 aliphatic carbocycles. The number of hydrogen-bond acceptors (Lipinski definition) is 4. The first-order valence-electron chi connectivity index (χ1n) is 6.36. The summed E-state index contributed by atoms with van der Waals surface area (Å²) in [7, 11) is 5.78. The molecule has 0 aromatic carbocycles. The molecule has 0 amide bonds. The van der Waals surface area contributed by atoms with Crippen LogP contribution in [0.4, 0.5) is 0 Å². The van der Waals surface area contributed by atoms with Gasteiger partial charge in [0.05, 0.1) is 11.7 Å². The van der Waals surface area contributed by atoms with Gasteiger partial charge < -0.3 is 14.7 Å². The van der Waals surface area contributed by atoms with Gasteiger partial charge in [-0.1, -0.05) is 6.92 Å². The monoisotopic (exact) mass is 246 g/mol. The van der Waals surface area contributed by atoms with E-state index in [9.17, 15) is 5.11 Å². The smallest absolute Gasteiger partial charge is 0.0950 e. The molecule has 0 saturated carbocycles. The van der Waals surface area contributed by atoms with E-state index < -0.39 is 11.7 Å². The third-order valence-electron chi connectivity index (χ3n) is 3.39. The summed E-state index contributed by atoms with van der Waals surface area (Å²) >= 11 is 0. The number of rotatable bonds is 8. The average Bonchev–Trinajstić information content (AvgIpc) is 2.24. The van der Waals surface area contributed by atoms with Gasteiger partial charge in [-0.25, -0.2) is 0 Å². The summed E-state index contributed by atoms with van der Waals surface area (Å²) in [5.41, 5.74) is -0.495. The maximum absolute atomic E-state index is 10.2. The minimum Gasteiger partial charge on any atom is -0.389 e. The van der Waals surface area contributed by atoms with E-state index in [1.807, 2.05) is 13.8 Å². The standard InChI is InChI=1S/C13H30N2O2/c1-8-15(11(2)9-14(5)6)10-12(16)13(3,4)17-7/h11-12,16H,8-10H2,1-7H3. The normalized spacial score (nSPS) is 16.6. The summed E-state index contributed by atoms with van der Waals surface area (Å²) in [6.45, 7) is 10.7. The van der Waals surface area contributed by atoms with E-state index in [2.05, 4.69) is 37.7 Å². The number of nitrogens with zero attached hydrogens (tertiary/aromatic N) is 2. The largest absolute Gasteiger partial charge is 0.389 e. The van der Waals surface area contributed by atoms with Crippen molar-refractivity contribution in [1.29, 1.82) is 0 Å². The Balaban J connectivity index is 4.39. The van der Waals surface area contributed by atoms with Crippen molar-refractivity contribution in [1.82, 2.24) is 9.80 Å². The Hall–Kier alpha value is -0.160. The third kappa shape index (κ3) is 5.82. The van der Waals surface area contributed by atoms with E-state index in [0.717, 1.165) is 13.1 Å².